The molecule has 36 heavy (non-hydrogen) atoms. The molecule has 0 heterocycles. The average Bonchev–Trinajstić information content (AvgIpc) is 3.43. The Morgan fingerprint density at radius 1 is 0.944 bits per heavy atom. The largest absolute Gasteiger partial charge is 0.465 e. The number of methoxy groups -OCH3 is 2. The van der Waals surface area contributed by atoms with Crippen molar-refractivity contribution in [2.45, 2.75) is 43.0 Å². The van der Waals surface area contributed by atoms with Gasteiger partial charge in [-0.15, -0.1) is 0 Å². The number of halogens is 2. The van der Waals surface area contributed by atoms with Gasteiger partial charge in [0.2, 0.25) is 0 Å². The maximum Gasteiger partial charge on any atom is 0.465 e. The van der Waals surface area contributed by atoms with E-state index in [1.807, 2.05) is 0 Å². The Morgan fingerprint density at radius 2 is 1.56 bits per heavy atom. The summed E-state index contributed by atoms with van der Waals surface area (Å²) >= 11 is 0. The van der Waals surface area contributed by atoms with Gasteiger partial charge in [0, 0.05) is 27.1 Å². The zero-order valence-corrected chi connectivity index (χ0v) is 20.1. The molecule has 4 fully saturated rings. The molecule has 16 heteroatoms. The van der Waals surface area contributed by atoms with Crippen molar-refractivity contribution < 1.29 is 69.4 Å². The minimum absolute atomic E-state index is 0.0286. The molecule has 0 aliphatic heterocycles. The fourth-order valence-electron chi connectivity index (χ4n) is 6.75. The first-order chi connectivity index (χ1) is 16.7. The predicted molar refractivity (Wildman–Crippen MR) is 106 cm³/mol. The number of hydrogen-bond acceptors (Lipinski definition) is 12. The summed E-state index contributed by atoms with van der Waals surface area (Å²) < 4.78 is 86.1. The standard InChI is InChI=1S/C20H24F2O13S/c1-30-9-33-13(24)17-5-16(35-12(23)4-32-15(26)20(21,22)36(27,28)29)3-11(17)18(7-17)8-19(18,6-16)14(25)34-10-31-2/h11H,3-10H2,1-2H3,(H,27,28,29). The van der Waals surface area contributed by atoms with E-state index < -0.39 is 73.6 Å². The lowest BCUT2D eigenvalue weighted by Crippen LogP contribution is -2.55. The van der Waals surface area contributed by atoms with E-state index in [0.717, 1.165) is 0 Å². The Kier molecular flexibility index (Phi) is 6.13. The normalized spacial score (nSPS) is 35.6. The summed E-state index contributed by atoms with van der Waals surface area (Å²) in [6, 6.07) is 0. The molecule has 0 aromatic carbocycles. The van der Waals surface area contributed by atoms with Gasteiger partial charge < -0.3 is 28.4 Å². The van der Waals surface area contributed by atoms with Crippen molar-refractivity contribution in [2.75, 3.05) is 34.4 Å². The third-order valence-electron chi connectivity index (χ3n) is 7.87. The van der Waals surface area contributed by atoms with Crippen molar-refractivity contribution in [3.05, 3.63) is 0 Å². The van der Waals surface area contributed by atoms with Crippen LogP contribution in [-0.4, -0.2) is 82.1 Å². The van der Waals surface area contributed by atoms with E-state index in [-0.39, 0.29) is 39.3 Å². The molecule has 5 unspecified atom stereocenters. The quantitative estimate of drug-likeness (QED) is 0.162. The lowest BCUT2D eigenvalue weighted by Gasteiger charge is -2.52. The fourth-order valence-corrected chi connectivity index (χ4v) is 7.02. The summed E-state index contributed by atoms with van der Waals surface area (Å²) in [6.07, 6.45) is 0.759. The molecular weight excluding hydrogens is 518 g/mol. The third kappa shape index (κ3) is 3.60. The molecule has 0 saturated heterocycles. The molecule has 202 valence electrons. The second-order valence-corrected chi connectivity index (χ2v) is 11.2. The first kappa shape index (κ1) is 26.6. The molecule has 0 aromatic heterocycles. The molecule has 13 nitrogen and oxygen atoms in total. The summed E-state index contributed by atoms with van der Waals surface area (Å²) in [6.45, 7) is -2.02. The molecule has 0 radical (unpaired) electrons. The van der Waals surface area contributed by atoms with Crippen LogP contribution < -0.4 is 0 Å². The van der Waals surface area contributed by atoms with Gasteiger partial charge in [0.05, 0.1) is 10.8 Å². The van der Waals surface area contributed by atoms with Crippen molar-refractivity contribution in [1.29, 1.82) is 0 Å². The second-order valence-electron chi connectivity index (χ2n) is 9.76. The van der Waals surface area contributed by atoms with Crippen molar-refractivity contribution in [3.63, 3.8) is 0 Å². The Balaban J connectivity index is 1.53. The van der Waals surface area contributed by atoms with Crippen LogP contribution in [0.25, 0.3) is 0 Å². The number of rotatable bonds is 11. The Morgan fingerprint density at radius 3 is 2.14 bits per heavy atom. The molecule has 2 bridgehead atoms. The zero-order valence-electron chi connectivity index (χ0n) is 19.2. The number of fused-ring (bicyclic) bond motifs is 1. The van der Waals surface area contributed by atoms with Crippen LogP contribution in [0, 0.1) is 22.2 Å². The smallest absolute Gasteiger partial charge is 0.456 e. The molecule has 1 spiro atoms. The van der Waals surface area contributed by atoms with E-state index in [4.69, 9.17) is 28.2 Å². The van der Waals surface area contributed by atoms with Gasteiger partial charge in [0.25, 0.3) is 0 Å². The highest BCUT2D eigenvalue weighted by molar-refractivity contribution is 7.87. The summed E-state index contributed by atoms with van der Waals surface area (Å²) in [5.74, 6) is -5.57. The zero-order chi connectivity index (χ0) is 26.8. The average molecular weight is 542 g/mol. The molecular formula is C20H24F2O13S. The number of alkyl halides is 2. The molecule has 1 N–H and O–H groups in total. The van der Waals surface area contributed by atoms with Gasteiger partial charge in [-0.3, -0.25) is 14.1 Å². The van der Waals surface area contributed by atoms with E-state index in [2.05, 4.69) is 4.74 Å². The van der Waals surface area contributed by atoms with E-state index in [1.165, 1.54) is 14.2 Å². The minimum Gasteiger partial charge on any atom is -0.456 e. The van der Waals surface area contributed by atoms with Crippen LogP contribution >= 0.6 is 0 Å². The topological polar surface area (TPSA) is 178 Å². The molecule has 5 atom stereocenters. The van der Waals surface area contributed by atoms with Crippen LogP contribution in [0.1, 0.15) is 32.1 Å². The van der Waals surface area contributed by atoms with E-state index in [9.17, 15) is 36.4 Å². The SMILES string of the molecule is COCOC(=O)C12CC3(OC(=O)COC(=O)C(F)(F)S(=O)(=O)O)CC1C1(C2)CC1(C(=O)OCOC)C3. The first-order valence-corrected chi connectivity index (χ1v) is 12.2. The van der Waals surface area contributed by atoms with Crippen LogP contribution in [0.5, 0.6) is 0 Å². The highest BCUT2D eigenvalue weighted by Crippen LogP contribution is 2.91. The number of esters is 4. The van der Waals surface area contributed by atoms with Gasteiger partial charge in [-0.2, -0.15) is 17.2 Å². The highest BCUT2D eigenvalue weighted by Gasteiger charge is 2.93. The lowest BCUT2D eigenvalue weighted by molar-refractivity contribution is -0.192. The Bertz CT molecular complexity index is 1090. The van der Waals surface area contributed by atoms with Gasteiger partial charge in [0.1, 0.15) is 5.60 Å². The van der Waals surface area contributed by atoms with Crippen LogP contribution in [-0.2, 0) is 57.7 Å². The Labute approximate surface area is 203 Å². The van der Waals surface area contributed by atoms with Crippen molar-refractivity contribution in [1.82, 2.24) is 0 Å². The molecule has 0 aromatic rings. The summed E-state index contributed by atoms with van der Waals surface area (Å²) in [5, 5.41) is -5.29. The molecule has 4 rings (SSSR count). The predicted octanol–water partition coefficient (Wildman–Crippen LogP) is 0.167. The minimum atomic E-state index is -6.12. The Hall–Kier alpha value is -2.43. The van der Waals surface area contributed by atoms with Gasteiger partial charge in [0.15, 0.2) is 20.2 Å². The first-order valence-electron chi connectivity index (χ1n) is 10.7. The molecule has 4 saturated carbocycles. The van der Waals surface area contributed by atoms with E-state index in [1.54, 1.807) is 0 Å². The molecule has 4 aliphatic carbocycles. The summed E-state index contributed by atoms with van der Waals surface area (Å²) in [4.78, 5) is 49.8. The fraction of sp³-hybridized carbons (Fsp3) is 0.800. The van der Waals surface area contributed by atoms with Gasteiger partial charge >= 0.3 is 39.2 Å². The van der Waals surface area contributed by atoms with Crippen LogP contribution in [0.2, 0.25) is 0 Å². The summed E-state index contributed by atoms with van der Waals surface area (Å²) in [7, 11) is -3.47. The van der Waals surface area contributed by atoms with E-state index >= 15 is 0 Å². The van der Waals surface area contributed by atoms with E-state index in [0.29, 0.717) is 6.42 Å². The van der Waals surface area contributed by atoms with Crippen LogP contribution in [0.3, 0.4) is 0 Å². The molecule has 0 amide bonds. The maximum absolute atomic E-state index is 13.4. The van der Waals surface area contributed by atoms with Crippen molar-refractivity contribution in [3.8, 4) is 0 Å². The lowest BCUT2D eigenvalue weighted by atomic mass is 9.50. The van der Waals surface area contributed by atoms with Crippen molar-refractivity contribution in [2.24, 2.45) is 22.2 Å². The maximum atomic E-state index is 13.4. The third-order valence-corrected chi connectivity index (χ3v) is 8.69. The van der Waals surface area contributed by atoms with Crippen LogP contribution in [0.4, 0.5) is 8.78 Å². The van der Waals surface area contributed by atoms with Crippen LogP contribution in [0.15, 0.2) is 0 Å². The number of hydrogen-bond donors (Lipinski definition) is 1. The number of ether oxygens (including phenoxy) is 6. The second kappa shape index (κ2) is 8.29. The summed E-state index contributed by atoms with van der Waals surface area (Å²) in [5.41, 5.74) is -4.10. The number of carbonyl (C=O) groups excluding carboxylic acids is 4. The van der Waals surface area contributed by atoms with Gasteiger partial charge in [-0.1, -0.05) is 0 Å². The highest BCUT2D eigenvalue weighted by atomic mass is 32.2. The molecule has 4 aliphatic rings. The van der Waals surface area contributed by atoms with Crippen molar-refractivity contribution >= 4 is 34.0 Å². The van der Waals surface area contributed by atoms with Gasteiger partial charge in [-0.05, 0) is 30.6 Å². The number of carbonyl (C=O) groups is 4. The van der Waals surface area contributed by atoms with Gasteiger partial charge in [-0.25, -0.2) is 9.59 Å². The monoisotopic (exact) mass is 542 g/mol.